The predicted molar refractivity (Wildman–Crippen MR) is 84.2 cm³/mol. The van der Waals surface area contributed by atoms with Gasteiger partial charge in [0.1, 0.15) is 12.0 Å². The number of furan rings is 1. The lowest BCUT2D eigenvalue weighted by Crippen LogP contribution is -2.29. The standard InChI is InChI=1S/C19H16O4/c1-19(2)7-3-4-11-13(19)6-5-12-15(11)17(22)16(21)14-10(8-20)9-23-18(12)14/h5-6,8-9H,3-4,7H2,1-2H3. The number of rotatable bonds is 1. The zero-order valence-corrected chi connectivity index (χ0v) is 13.1. The quantitative estimate of drug-likeness (QED) is 0.594. The number of ketones is 2. The summed E-state index contributed by atoms with van der Waals surface area (Å²) in [7, 11) is 0. The smallest absolute Gasteiger partial charge is 0.238 e. The van der Waals surface area contributed by atoms with E-state index < -0.39 is 11.6 Å². The van der Waals surface area contributed by atoms with Gasteiger partial charge in [0.2, 0.25) is 11.6 Å². The highest BCUT2D eigenvalue weighted by Gasteiger charge is 2.40. The average Bonchev–Trinajstić information content (AvgIpc) is 2.95. The van der Waals surface area contributed by atoms with Crippen molar-refractivity contribution in [3.63, 3.8) is 0 Å². The number of hydrogen-bond acceptors (Lipinski definition) is 4. The van der Waals surface area contributed by atoms with Gasteiger partial charge in [0.15, 0.2) is 6.29 Å². The molecule has 0 atom stereocenters. The molecule has 2 aliphatic carbocycles. The Bertz CT molecular complexity index is 883. The lowest BCUT2D eigenvalue weighted by atomic mass is 9.69. The molecule has 0 N–H and O–H groups in total. The zero-order valence-electron chi connectivity index (χ0n) is 13.1. The van der Waals surface area contributed by atoms with Gasteiger partial charge in [0.25, 0.3) is 0 Å². The minimum absolute atomic E-state index is 0.0106. The minimum Gasteiger partial charge on any atom is -0.463 e. The molecule has 1 aromatic heterocycles. The van der Waals surface area contributed by atoms with Crippen LogP contribution >= 0.6 is 0 Å². The molecule has 0 fully saturated rings. The van der Waals surface area contributed by atoms with Gasteiger partial charge in [0, 0.05) is 11.1 Å². The maximum absolute atomic E-state index is 12.7. The molecular weight excluding hydrogens is 292 g/mol. The first-order chi connectivity index (χ1) is 11.0. The molecule has 23 heavy (non-hydrogen) atoms. The molecule has 0 saturated heterocycles. The molecule has 0 unspecified atom stereocenters. The first-order valence-electron chi connectivity index (χ1n) is 7.78. The van der Waals surface area contributed by atoms with E-state index in [1.54, 1.807) is 0 Å². The molecule has 0 aliphatic heterocycles. The van der Waals surface area contributed by atoms with Crippen molar-refractivity contribution in [2.45, 2.75) is 38.5 Å². The van der Waals surface area contributed by atoms with Crippen molar-refractivity contribution in [2.24, 2.45) is 0 Å². The van der Waals surface area contributed by atoms with Crippen LogP contribution in [0.2, 0.25) is 0 Å². The van der Waals surface area contributed by atoms with Gasteiger partial charge in [-0.3, -0.25) is 14.4 Å². The van der Waals surface area contributed by atoms with Gasteiger partial charge in [0.05, 0.1) is 11.1 Å². The molecule has 2 aromatic rings. The molecule has 1 heterocycles. The molecule has 0 bridgehead atoms. The Morgan fingerprint density at radius 3 is 2.61 bits per heavy atom. The highest BCUT2D eigenvalue weighted by atomic mass is 16.3. The summed E-state index contributed by atoms with van der Waals surface area (Å²) >= 11 is 0. The largest absolute Gasteiger partial charge is 0.463 e. The molecule has 4 rings (SSSR count). The van der Waals surface area contributed by atoms with E-state index in [0.717, 1.165) is 30.4 Å². The van der Waals surface area contributed by atoms with Gasteiger partial charge in [-0.05, 0) is 35.8 Å². The number of carbonyl (C=O) groups is 3. The molecule has 4 nitrogen and oxygen atoms in total. The van der Waals surface area contributed by atoms with E-state index in [9.17, 15) is 14.4 Å². The average molecular weight is 308 g/mol. The fourth-order valence-electron chi connectivity index (χ4n) is 3.95. The SMILES string of the molecule is CC1(C)CCCc2c1ccc1c2C(=O)C(=O)c2c(C=O)coc2-1. The second-order valence-electron chi connectivity index (χ2n) is 6.92. The van der Waals surface area contributed by atoms with Crippen molar-refractivity contribution >= 4 is 17.9 Å². The van der Waals surface area contributed by atoms with Gasteiger partial charge in [-0.25, -0.2) is 0 Å². The van der Waals surface area contributed by atoms with Crippen LogP contribution in [0.15, 0.2) is 22.8 Å². The Morgan fingerprint density at radius 1 is 1.13 bits per heavy atom. The number of benzene rings is 1. The molecule has 1 aromatic carbocycles. The highest BCUT2D eigenvalue weighted by molar-refractivity contribution is 6.53. The summed E-state index contributed by atoms with van der Waals surface area (Å²) in [4.78, 5) is 36.3. The minimum atomic E-state index is -0.639. The van der Waals surface area contributed by atoms with E-state index in [-0.39, 0.29) is 16.5 Å². The Kier molecular flexibility index (Phi) is 2.77. The van der Waals surface area contributed by atoms with Crippen molar-refractivity contribution < 1.29 is 18.8 Å². The second kappa shape index (κ2) is 4.51. The van der Waals surface area contributed by atoms with Crippen LogP contribution in [-0.2, 0) is 11.8 Å². The molecule has 0 spiro atoms. The van der Waals surface area contributed by atoms with Crippen LogP contribution in [0, 0.1) is 0 Å². The first kappa shape index (κ1) is 14.1. The molecule has 0 radical (unpaired) electrons. The van der Waals surface area contributed by atoms with Crippen molar-refractivity contribution in [1.29, 1.82) is 0 Å². The summed E-state index contributed by atoms with van der Waals surface area (Å²) in [5, 5.41) is 0. The molecule has 4 heteroatoms. The number of fused-ring (bicyclic) bond motifs is 5. The van der Waals surface area contributed by atoms with E-state index in [0.29, 0.717) is 23.2 Å². The summed E-state index contributed by atoms with van der Waals surface area (Å²) < 4.78 is 5.46. The Balaban J connectivity index is 2.06. The van der Waals surface area contributed by atoms with Crippen LogP contribution < -0.4 is 0 Å². The Morgan fingerprint density at radius 2 is 1.87 bits per heavy atom. The third-order valence-electron chi connectivity index (χ3n) is 5.12. The van der Waals surface area contributed by atoms with Gasteiger partial charge in [-0.2, -0.15) is 0 Å². The van der Waals surface area contributed by atoms with Crippen LogP contribution in [0.3, 0.4) is 0 Å². The van der Waals surface area contributed by atoms with Crippen LogP contribution in [0.1, 0.15) is 68.9 Å². The highest BCUT2D eigenvalue weighted by Crippen LogP contribution is 2.44. The number of Topliss-reactive ketones (excluding diaryl/α,β-unsaturated/α-hetero) is 2. The summed E-state index contributed by atoms with van der Waals surface area (Å²) in [6, 6.07) is 3.88. The van der Waals surface area contributed by atoms with Crippen LogP contribution in [-0.4, -0.2) is 17.9 Å². The third-order valence-corrected chi connectivity index (χ3v) is 5.12. The van der Waals surface area contributed by atoms with E-state index in [2.05, 4.69) is 13.8 Å². The van der Waals surface area contributed by atoms with Gasteiger partial charge < -0.3 is 4.42 Å². The fourth-order valence-corrected chi connectivity index (χ4v) is 3.95. The van der Waals surface area contributed by atoms with Crippen molar-refractivity contribution in [3.8, 4) is 11.3 Å². The Hall–Kier alpha value is -2.49. The van der Waals surface area contributed by atoms with Gasteiger partial charge in [-0.15, -0.1) is 0 Å². The monoisotopic (exact) mass is 308 g/mol. The summed E-state index contributed by atoms with van der Waals surface area (Å²) in [6.07, 6.45) is 4.64. The van der Waals surface area contributed by atoms with Crippen molar-refractivity contribution in [1.82, 2.24) is 0 Å². The molecular formula is C19H16O4. The maximum Gasteiger partial charge on any atom is 0.238 e. The number of aldehydes is 1. The lowest BCUT2D eigenvalue weighted by molar-refractivity contribution is 0.0812. The number of carbonyl (C=O) groups excluding carboxylic acids is 3. The first-order valence-corrected chi connectivity index (χ1v) is 7.78. The van der Waals surface area contributed by atoms with E-state index in [1.165, 1.54) is 6.26 Å². The van der Waals surface area contributed by atoms with Gasteiger partial charge in [-0.1, -0.05) is 26.0 Å². The zero-order chi connectivity index (χ0) is 16.4. The second-order valence-corrected chi connectivity index (χ2v) is 6.92. The van der Waals surface area contributed by atoms with Crippen molar-refractivity contribution in [2.75, 3.05) is 0 Å². The Labute approximate surface area is 133 Å². The third kappa shape index (κ3) is 1.75. The fraction of sp³-hybridized carbons (Fsp3) is 0.316. The predicted octanol–water partition coefficient (Wildman–Crippen LogP) is 3.75. The molecule has 0 saturated carbocycles. The lowest BCUT2D eigenvalue weighted by Gasteiger charge is -2.34. The summed E-state index contributed by atoms with van der Waals surface area (Å²) in [5.74, 6) is -0.815. The normalized spacial score (nSPS) is 18.2. The topological polar surface area (TPSA) is 64.3 Å². The van der Waals surface area contributed by atoms with Crippen LogP contribution in [0.5, 0.6) is 0 Å². The molecule has 0 amide bonds. The van der Waals surface area contributed by atoms with E-state index in [4.69, 9.17) is 4.42 Å². The molecule has 2 aliphatic rings. The van der Waals surface area contributed by atoms with E-state index >= 15 is 0 Å². The van der Waals surface area contributed by atoms with Crippen LogP contribution in [0.25, 0.3) is 11.3 Å². The maximum atomic E-state index is 12.7. The summed E-state index contributed by atoms with van der Waals surface area (Å²) in [5.41, 5.74) is 3.44. The van der Waals surface area contributed by atoms with Gasteiger partial charge >= 0.3 is 0 Å². The van der Waals surface area contributed by atoms with Crippen LogP contribution in [0.4, 0.5) is 0 Å². The van der Waals surface area contributed by atoms with E-state index in [1.807, 2.05) is 12.1 Å². The summed E-state index contributed by atoms with van der Waals surface area (Å²) in [6.45, 7) is 4.32. The van der Waals surface area contributed by atoms with Crippen molar-refractivity contribution in [3.05, 3.63) is 46.2 Å². The number of hydrogen-bond donors (Lipinski definition) is 0. The molecule has 116 valence electrons.